The van der Waals surface area contributed by atoms with E-state index in [-0.39, 0.29) is 18.6 Å². The van der Waals surface area contributed by atoms with E-state index in [1.54, 1.807) is 12.0 Å². The van der Waals surface area contributed by atoms with Gasteiger partial charge >= 0.3 is 0 Å². The topological polar surface area (TPSA) is 105 Å². The molecule has 1 amide bonds. The summed E-state index contributed by atoms with van der Waals surface area (Å²) in [7, 11) is 1.62. The number of hydrogen-bond donors (Lipinski definition) is 2. The molecule has 3 heterocycles. The number of nitrogens with zero attached hydrogens (tertiary/aromatic N) is 4. The van der Waals surface area contributed by atoms with Crippen LogP contribution in [0.3, 0.4) is 0 Å². The first-order chi connectivity index (χ1) is 15.2. The van der Waals surface area contributed by atoms with Crippen molar-refractivity contribution in [3.05, 3.63) is 49.1 Å². The lowest BCUT2D eigenvalue weighted by atomic mass is 10.2. The van der Waals surface area contributed by atoms with E-state index in [1.807, 2.05) is 24.3 Å². The number of hydrogen-bond acceptors (Lipinski definition) is 7. The highest BCUT2D eigenvalue weighted by molar-refractivity contribution is 5.87. The molecular weight excluding hydrogens is 396 g/mol. The second kappa shape index (κ2) is 9.17. The number of aromatic nitrogens is 4. The molecule has 31 heavy (non-hydrogen) atoms. The third-order valence-electron chi connectivity index (χ3n) is 4.88. The highest BCUT2D eigenvalue weighted by atomic mass is 16.5. The number of H-pyrrole nitrogens is 1. The summed E-state index contributed by atoms with van der Waals surface area (Å²) < 4.78 is 10.7. The third-order valence-corrected chi connectivity index (χ3v) is 4.88. The fraction of sp³-hybridized carbons (Fsp3) is 0.273. The zero-order valence-electron chi connectivity index (χ0n) is 17.1. The monoisotopic (exact) mass is 418 g/mol. The molecule has 3 aromatic rings. The van der Waals surface area contributed by atoms with Crippen LogP contribution in [0.2, 0.25) is 0 Å². The lowest BCUT2D eigenvalue weighted by molar-refractivity contribution is -0.125. The van der Waals surface area contributed by atoms with Crippen molar-refractivity contribution in [1.29, 1.82) is 0 Å². The smallest absolute Gasteiger partial charge is 0.246 e. The number of ether oxygens (including phenoxy) is 2. The van der Waals surface area contributed by atoms with Crippen LogP contribution in [0, 0.1) is 11.8 Å². The van der Waals surface area contributed by atoms with E-state index in [0.717, 1.165) is 12.2 Å². The van der Waals surface area contributed by atoms with Crippen LogP contribution < -0.4 is 14.8 Å². The van der Waals surface area contributed by atoms with E-state index in [9.17, 15) is 4.79 Å². The summed E-state index contributed by atoms with van der Waals surface area (Å²) in [5.74, 6) is 8.39. The maximum Gasteiger partial charge on any atom is 0.246 e. The number of aromatic amines is 1. The van der Waals surface area contributed by atoms with Crippen molar-refractivity contribution in [2.75, 3.05) is 32.1 Å². The van der Waals surface area contributed by atoms with Gasteiger partial charge in [-0.2, -0.15) is 0 Å². The number of carbonyl (C=O) groups excluding carboxylic acids is 1. The number of imidazole rings is 1. The van der Waals surface area contributed by atoms with Crippen molar-refractivity contribution < 1.29 is 14.3 Å². The van der Waals surface area contributed by atoms with Gasteiger partial charge in [0.1, 0.15) is 24.4 Å². The van der Waals surface area contributed by atoms with Crippen molar-refractivity contribution in [1.82, 2.24) is 24.8 Å². The number of nitrogens with one attached hydrogen (secondary N) is 2. The lowest BCUT2D eigenvalue weighted by Gasteiger charge is -2.15. The van der Waals surface area contributed by atoms with Gasteiger partial charge in [0.15, 0.2) is 22.8 Å². The molecule has 1 aliphatic rings. The Morgan fingerprint density at radius 2 is 2.16 bits per heavy atom. The van der Waals surface area contributed by atoms with Gasteiger partial charge in [0.25, 0.3) is 0 Å². The highest BCUT2D eigenvalue weighted by Crippen LogP contribution is 2.20. The molecule has 1 atom stereocenters. The molecular formula is C22H22N6O3. The Bertz CT molecular complexity index is 1150. The molecule has 2 N–H and O–H groups in total. The zero-order valence-corrected chi connectivity index (χ0v) is 17.1. The van der Waals surface area contributed by atoms with Crippen molar-refractivity contribution in [2.24, 2.45) is 0 Å². The average molecular weight is 418 g/mol. The number of anilines is 1. The minimum atomic E-state index is -0.0636. The van der Waals surface area contributed by atoms with Gasteiger partial charge in [-0.25, -0.2) is 15.0 Å². The quantitative estimate of drug-likeness (QED) is 0.466. The van der Waals surface area contributed by atoms with Gasteiger partial charge in [-0.05, 0) is 42.7 Å². The molecule has 0 spiro atoms. The number of amides is 1. The molecule has 9 nitrogen and oxygen atoms in total. The molecule has 0 aliphatic carbocycles. The van der Waals surface area contributed by atoms with Gasteiger partial charge in [0, 0.05) is 19.1 Å². The van der Waals surface area contributed by atoms with Gasteiger partial charge in [-0.15, -0.1) is 0 Å². The first kappa shape index (κ1) is 20.2. The van der Waals surface area contributed by atoms with Gasteiger partial charge < -0.3 is 24.7 Å². The maximum atomic E-state index is 11.8. The van der Waals surface area contributed by atoms with E-state index < -0.39 is 0 Å². The van der Waals surface area contributed by atoms with Gasteiger partial charge in [0.2, 0.25) is 5.91 Å². The Morgan fingerprint density at radius 1 is 1.35 bits per heavy atom. The molecule has 1 aromatic carbocycles. The largest absolute Gasteiger partial charge is 0.497 e. The summed E-state index contributed by atoms with van der Waals surface area (Å²) in [6.45, 7) is 5.03. The Morgan fingerprint density at radius 3 is 2.94 bits per heavy atom. The first-order valence-electron chi connectivity index (χ1n) is 9.80. The molecule has 158 valence electrons. The minimum Gasteiger partial charge on any atom is -0.497 e. The summed E-state index contributed by atoms with van der Waals surface area (Å²) >= 11 is 0. The molecule has 1 saturated heterocycles. The van der Waals surface area contributed by atoms with Crippen LogP contribution in [0.15, 0.2) is 43.2 Å². The van der Waals surface area contributed by atoms with Crippen LogP contribution in [0.25, 0.3) is 11.2 Å². The molecule has 1 aliphatic heterocycles. The van der Waals surface area contributed by atoms with Crippen molar-refractivity contribution >= 4 is 22.9 Å². The van der Waals surface area contributed by atoms with E-state index >= 15 is 0 Å². The third kappa shape index (κ3) is 4.75. The SMILES string of the molecule is C=CC(=O)N1CCC(Nc2ncnc3[nH]c(C#CCOc4ccc(OC)cc4)nc23)C1. The van der Waals surface area contributed by atoms with Crippen LogP contribution in [0.1, 0.15) is 12.2 Å². The van der Waals surface area contributed by atoms with Crippen LogP contribution >= 0.6 is 0 Å². The van der Waals surface area contributed by atoms with E-state index in [1.165, 1.54) is 12.4 Å². The molecule has 1 fully saturated rings. The van der Waals surface area contributed by atoms with Gasteiger partial charge in [-0.1, -0.05) is 12.5 Å². The number of rotatable bonds is 6. The van der Waals surface area contributed by atoms with Crippen LogP contribution in [-0.4, -0.2) is 63.6 Å². The van der Waals surface area contributed by atoms with Crippen LogP contribution in [0.5, 0.6) is 11.5 Å². The first-order valence-corrected chi connectivity index (χ1v) is 9.80. The predicted octanol–water partition coefficient (Wildman–Crippen LogP) is 1.99. The average Bonchev–Trinajstić information content (AvgIpc) is 3.44. The summed E-state index contributed by atoms with van der Waals surface area (Å²) in [5, 5.41) is 3.36. The fourth-order valence-corrected chi connectivity index (χ4v) is 3.30. The van der Waals surface area contributed by atoms with Gasteiger partial charge in [0.05, 0.1) is 7.11 Å². The molecule has 2 aromatic heterocycles. The van der Waals surface area contributed by atoms with Crippen LogP contribution in [0.4, 0.5) is 5.82 Å². The Labute approximate surface area is 179 Å². The number of fused-ring (bicyclic) bond motifs is 1. The fourth-order valence-electron chi connectivity index (χ4n) is 3.30. The number of carbonyl (C=O) groups is 1. The van der Waals surface area contributed by atoms with Crippen molar-refractivity contribution in [2.45, 2.75) is 12.5 Å². The van der Waals surface area contributed by atoms with E-state index in [0.29, 0.717) is 41.6 Å². The number of benzene rings is 1. The summed E-state index contributed by atoms with van der Waals surface area (Å²) in [6.07, 6.45) is 3.63. The van der Waals surface area contributed by atoms with Crippen molar-refractivity contribution in [3.8, 4) is 23.3 Å². The maximum absolute atomic E-state index is 11.8. The minimum absolute atomic E-state index is 0.0636. The van der Waals surface area contributed by atoms with Crippen LogP contribution in [-0.2, 0) is 4.79 Å². The molecule has 0 bridgehead atoms. The highest BCUT2D eigenvalue weighted by Gasteiger charge is 2.25. The second-order valence-electron chi connectivity index (χ2n) is 6.89. The molecule has 0 saturated carbocycles. The summed E-state index contributed by atoms with van der Waals surface area (Å²) in [6, 6.07) is 7.38. The standard InChI is InChI=1S/C22H22N6O3/c1-3-19(29)28-11-10-15(13-28)25-21-20-22(24-14-23-21)27-18(26-20)5-4-12-31-17-8-6-16(30-2)7-9-17/h3,6-9,14-15H,1,10-13H2,2H3,(H2,23,24,25,26,27). The molecule has 0 radical (unpaired) electrons. The summed E-state index contributed by atoms with van der Waals surface area (Å²) in [4.78, 5) is 29.7. The normalized spacial score (nSPS) is 15.3. The Hall–Kier alpha value is -4.06. The molecule has 4 rings (SSSR count). The molecule has 9 heteroatoms. The molecule has 1 unspecified atom stereocenters. The Balaban J connectivity index is 1.40. The number of likely N-dealkylation sites (tertiary alicyclic amines) is 1. The predicted molar refractivity (Wildman–Crippen MR) is 116 cm³/mol. The zero-order chi connectivity index (χ0) is 21.6. The Kier molecular flexibility index (Phi) is 5.98. The number of methoxy groups -OCH3 is 1. The second-order valence-corrected chi connectivity index (χ2v) is 6.89. The van der Waals surface area contributed by atoms with E-state index in [4.69, 9.17) is 9.47 Å². The summed E-state index contributed by atoms with van der Waals surface area (Å²) in [5.41, 5.74) is 1.20. The van der Waals surface area contributed by atoms with E-state index in [2.05, 4.69) is 43.7 Å². The van der Waals surface area contributed by atoms with Gasteiger partial charge in [-0.3, -0.25) is 4.79 Å². The van der Waals surface area contributed by atoms with Crippen molar-refractivity contribution in [3.63, 3.8) is 0 Å². The lowest BCUT2D eigenvalue weighted by Crippen LogP contribution is -2.30.